The third-order valence-electron chi connectivity index (χ3n) is 8.57. The number of anilines is 2. The van der Waals surface area contributed by atoms with Gasteiger partial charge in [-0.2, -0.15) is 0 Å². The molecule has 2 unspecified atom stereocenters. The van der Waals surface area contributed by atoms with Gasteiger partial charge < -0.3 is 20.1 Å². The standard InChI is InChI=1S/C42H38Cl2N6O6S2/c1-3-37(51)47-31-13-17-33(18-14-31)57-35(27-5-9-29(43)10-6-27)25-49-23-21-45-41(49)55-39(53)40(54)56-42-46-22-24-50(42)26-36(28-7-11-30(44)12-8-28)58-34-19-15-32(16-20-34)48-38(52)4-2/h5-24,35-36H,3-4,25-26H2,1-2H3,(H,47,51)(H,48,52). The van der Waals surface area contributed by atoms with Crippen LogP contribution in [0.15, 0.2) is 132 Å². The average Bonchev–Trinajstić information content (AvgIpc) is 3.87. The molecule has 6 aromatic rings. The number of esters is 2. The highest BCUT2D eigenvalue weighted by Crippen LogP contribution is 2.39. The second-order valence-electron chi connectivity index (χ2n) is 12.7. The summed E-state index contributed by atoms with van der Waals surface area (Å²) in [6, 6.07) is 29.7. The fourth-order valence-electron chi connectivity index (χ4n) is 5.52. The van der Waals surface area contributed by atoms with Crippen LogP contribution in [0.4, 0.5) is 11.4 Å². The number of nitrogens with one attached hydrogen (secondary N) is 2. The summed E-state index contributed by atoms with van der Waals surface area (Å²) in [5.74, 6) is -2.71. The molecule has 0 bridgehead atoms. The van der Waals surface area contributed by atoms with Gasteiger partial charge in [-0.1, -0.05) is 61.3 Å². The first-order chi connectivity index (χ1) is 28.1. The molecule has 2 N–H and O–H groups in total. The molecule has 298 valence electrons. The van der Waals surface area contributed by atoms with E-state index in [1.54, 1.807) is 83.2 Å². The van der Waals surface area contributed by atoms with E-state index in [-0.39, 0.29) is 34.3 Å². The third-order valence-corrected chi connectivity index (χ3v) is 11.6. The Morgan fingerprint density at radius 1 is 0.586 bits per heavy atom. The van der Waals surface area contributed by atoms with Gasteiger partial charge >= 0.3 is 24.0 Å². The van der Waals surface area contributed by atoms with Crippen LogP contribution in [-0.2, 0) is 32.3 Å². The molecule has 2 amide bonds. The van der Waals surface area contributed by atoms with Crippen molar-refractivity contribution in [2.75, 3.05) is 10.6 Å². The summed E-state index contributed by atoms with van der Waals surface area (Å²) in [6.07, 6.45) is 6.99. The number of carbonyl (C=O) groups excluding carboxylic acids is 4. The van der Waals surface area contributed by atoms with Gasteiger partial charge in [0.15, 0.2) is 0 Å². The number of halogens is 2. The zero-order chi connectivity index (χ0) is 41.0. The van der Waals surface area contributed by atoms with Gasteiger partial charge in [-0.15, -0.1) is 23.5 Å². The molecular formula is C42H38Cl2N6O6S2. The number of nitrogens with zero attached hydrogens (tertiary/aromatic N) is 4. The summed E-state index contributed by atoms with van der Waals surface area (Å²) in [6.45, 7) is 4.20. The van der Waals surface area contributed by atoms with Gasteiger partial charge in [-0.25, -0.2) is 19.6 Å². The van der Waals surface area contributed by atoms with Crippen LogP contribution >= 0.6 is 46.7 Å². The number of hydrogen-bond acceptors (Lipinski definition) is 10. The number of imidazole rings is 2. The normalized spacial score (nSPS) is 12.0. The lowest BCUT2D eigenvalue weighted by molar-refractivity contribution is -0.157. The monoisotopic (exact) mass is 856 g/mol. The van der Waals surface area contributed by atoms with Crippen LogP contribution in [0.1, 0.15) is 48.3 Å². The van der Waals surface area contributed by atoms with Crippen molar-refractivity contribution in [1.82, 2.24) is 19.1 Å². The molecule has 0 radical (unpaired) electrons. The summed E-state index contributed by atoms with van der Waals surface area (Å²) in [7, 11) is 0. The van der Waals surface area contributed by atoms with Crippen molar-refractivity contribution in [2.45, 2.75) is 60.1 Å². The van der Waals surface area contributed by atoms with Crippen LogP contribution in [0.5, 0.6) is 12.0 Å². The summed E-state index contributed by atoms with van der Waals surface area (Å²) in [5.41, 5.74) is 3.28. The molecule has 6 rings (SSSR count). The third kappa shape index (κ3) is 11.8. The molecule has 16 heteroatoms. The van der Waals surface area contributed by atoms with Crippen LogP contribution in [0.2, 0.25) is 10.0 Å². The molecule has 0 saturated heterocycles. The Kier molecular flexibility index (Phi) is 14.7. The van der Waals surface area contributed by atoms with Crippen LogP contribution < -0.4 is 20.1 Å². The van der Waals surface area contributed by atoms with Gasteiger partial charge in [0.2, 0.25) is 11.8 Å². The SMILES string of the molecule is CCC(=O)Nc1ccc(SC(Cn2ccnc2OC(=O)C(=O)Oc2nccn2CC(Sc2ccc(NC(=O)CC)cc2)c2ccc(Cl)cc2)c2ccc(Cl)cc2)cc1. The minimum atomic E-state index is -1.28. The first kappa shape index (κ1) is 42.1. The van der Waals surface area contributed by atoms with Crippen molar-refractivity contribution in [3.63, 3.8) is 0 Å². The summed E-state index contributed by atoms with van der Waals surface area (Å²) in [4.78, 5) is 60.3. The Hall–Kier alpha value is -5.54. The number of aromatic nitrogens is 4. The minimum absolute atomic E-state index is 0.0764. The molecule has 0 saturated carbocycles. The zero-order valence-electron chi connectivity index (χ0n) is 31.3. The fourth-order valence-corrected chi connectivity index (χ4v) is 8.07. The van der Waals surface area contributed by atoms with Crippen molar-refractivity contribution in [3.8, 4) is 12.0 Å². The maximum absolute atomic E-state index is 13.2. The first-order valence-electron chi connectivity index (χ1n) is 18.2. The summed E-state index contributed by atoms with van der Waals surface area (Å²) in [5, 5.41) is 6.47. The number of thioether (sulfide) groups is 2. The Labute approximate surface area is 353 Å². The molecular weight excluding hydrogens is 820 g/mol. The van der Waals surface area contributed by atoms with Crippen LogP contribution in [0.3, 0.4) is 0 Å². The average molecular weight is 858 g/mol. The summed E-state index contributed by atoms with van der Waals surface area (Å²) >= 11 is 15.5. The molecule has 0 fully saturated rings. The summed E-state index contributed by atoms with van der Waals surface area (Å²) < 4.78 is 14.2. The highest BCUT2D eigenvalue weighted by atomic mass is 35.5. The molecule has 0 aliphatic carbocycles. The van der Waals surface area contributed by atoms with Gasteiger partial charge in [-0.05, 0) is 83.9 Å². The smallest absolute Gasteiger partial charge is 0.383 e. The Morgan fingerprint density at radius 2 is 0.948 bits per heavy atom. The van der Waals surface area contributed by atoms with Crippen molar-refractivity contribution < 1.29 is 28.7 Å². The van der Waals surface area contributed by atoms with Gasteiger partial charge in [0.05, 0.1) is 10.5 Å². The van der Waals surface area contributed by atoms with Crippen molar-refractivity contribution >= 4 is 81.9 Å². The predicted octanol–water partition coefficient (Wildman–Crippen LogP) is 9.66. The number of rotatable bonds is 16. The highest BCUT2D eigenvalue weighted by Gasteiger charge is 2.26. The molecule has 12 nitrogen and oxygen atoms in total. The lowest BCUT2D eigenvalue weighted by atomic mass is 10.1. The van der Waals surface area contributed by atoms with E-state index in [9.17, 15) is 19.2 Å². The van der Waals surface area contributed by atoms with E-state index < -0.39 is 11.9 Å². The second-order valence-corrected chi connectivity index (χ2v) is 16.1. The van der Waals surface area contributed by atoms with E-state index in [1.165, 1.54) is 12.4 Å². The Bertz CT molecular complexity index is 2170. The minimum Gasteiger partial charge on any atom is -0.383 e. The van der Waals surface area contributed by atoms with Crippen LogP contribution in [-0.4, -0.2) is 42.9 Å². The quantitative estimate of drug-likeness (QED) is 0.0548. The van der Waals surface area contributed by atoms with E-state index in [0.717, 1.165) is 20.9 Å². The lowest BCUT2D eigenvalue weighted by Crippen LogP contribution is -2.28. The number of amides is 2. The second kappa shape index (κ2) is 20.2. The van der Waals surface area contributed by atoms with Gasteiger partial charge in [0, 0.05) is 81.9 Å². The predicted molar refractivity (Wildman–Crippen MR) is 227 cm³/mol. The van der Waals surface area contributed by atoms with Gasteiger partial charge in [-0.3, -0.25) is 18.7 Å². The van der Waals surface area contributed by atoms with Crippen LogP contribution in [0, 0.1) is 0 Å². The van der Waals surface area contributed by atoms with E-state index >= 15 is 0 Å². The molecule has 4 aromatic carbocycles. The largest absolute Gasteiger partial charge is 0.425 e. The fraction of sp³-hybridized carbons (Fsp3) is 0.190. The molecule has 0 spiro atoms. The molecule has 2 aromatic heterocycles. The highest BCUT2D eigenvalue weighted by molar-refractivity contribution is 7.99. The number of benzene rings is 4. The van der Waals surface area contributed by atoms with E-state index in [0.29, 0.717) is 47.4 Å². The molecule has 0 aliphatic heterocycles. The van der Waals surface area contributed by atoms with E-state index in [1.807, 2.05) is 72.8 Å². The molecule has 2 heterocycles. The topological polar surface area (TPSA) is 146 Å². The van der Waals surface area contributed by atoms with Crippen LogP contribution in [0.25, 0.3) is 0 Å². The maximum Gasteiger partial charge on any atom is 0.425 e. The number of hydrogen-bond donors (Lipinski definition) is 2. The molecule has 58 heavy (non-hydrogen) atoms. The van der Waals surface area contributed by atoms with Crippen molar-refractivity contribution in [1.29, 1.82) is 0 Å². The van der Waals surface area contributed by atoms with E-state index in [2.05, 4.69) is 20.6 Å². The lowest BCUT2D eigenvalue weighted by Gasteiger charge is -2.19. The van der Waals surface area contributed by atoms with E-state index in [4.69, 9.17) is 32.7 Å². The molecule has 0 aliphatic rings. The Balaban J connectivity index is 1.13. The van der Waals surface area contributed by atoms with Crippen molar-refractivity contribution in [2.24, 2.45) is 0 Å². The van der Waals surface area contributed by atoms with Gasteiger partial charge in [0.25, 0.3) is 0 Å². The number of ether oxygens (including phenoxy) is 2. The van der Waals surface area contributed by atoms with Crippen molar-refractivity contribution in [3.05, 3.63) is 143 Å². The Morgan fingerprint density at radius 3 is 1.29 bits per heavy atom. The maximum atomic E-state index is 13.2. The first-order valence-corrected chi connectivity index (χ1v) is 20.7. The molecule has 2 atom stereocenters. The number of carbonyl (C=O) groups is 4. The van der Waals surface area contributed by atoms with Gasteiger partial charge in [0.1, 0.15) is 0 Å². The zero-order valence-corrected chi connectivity index (χ0v) is 34.5.